The number of H-pyrrole nitrogens is 1. The number of nitrogens with one attached hydrogen (secondary N) is 2. The molecule has 3 aliphatic heterocycles. The van der Waals surface area contributed by atoms with Crippen molar-refractivity contribution in [1.82, 2.24) is 20.1 Å². The number of hydrogen-bond donors (Lipinski definition) is 3. The smallest absolute Gasteiger partial charge is 0.407 e. The first-order valence-corrected chi connectivity index (χ1v) is 10.3. The number of nitrogens with zero attached hydrogens (tertiary/aromatic N) is 2. The van der Waals surface area contributed by atoms with E-state index in [0.29, 0.717) is 6.54 Å². The molecule has 28 heavy (non-hydrogen) atoms. The Hall–Kier alpha value is -2.09. The molecule has 0 saturated carbocycles. The molecule has 1 aromatic carbocycles. The van der Waals surface area contributed by atoms with Gasteiger partial charge in [0, 0.05) is 67.3 Å². The minimum absolute atomic E-state index is 0.00534. The summed E-state index contributed by atoms with van der Waals surface area (Å²) in [5.41, 5.74) is 3.84. The van der Waals surface area contributed by atoms with Gasteiger partial charge in [-0.25, -0.2) is 4.79 Å². The summed E-state index contributed by atoms with van der Waals surface area (Å²) < 4.78 is 5.47. The van der Waals surface area contributed by atoms with E-state index in [4.69, 9.17) is 4.74 Å². The highest BCUT2D eigenvalue weighted by atomic mass is 16.5. The van der Waals surface area contributed by atoms with E-state index in [-0.39, 0.29) is 11.5 Å². The summed E-state index contributed by atoms with van der Waals surface area (Å²) in [6, 6.07) is 8.52. The number of carbonyl (C=O) groups is 1. The number of ether oxygens (including phenoxy) is 1. The van der Waals surface area contributed by atoms with Gasteiger partial charge in [-0.1, -0.05) is 18.2 Å². The quantitative estimate of drug-likeness (QED) is 0.738. The van der Waals surface area contributed by atoms with Crippen LogP contribution in [0.4, 0.5) is 4.79 Å². The normalized spacial score (nSPS) is 28.6. The first kappa shape index (κ1) is 18.0. The molecule has 1 amide bonds. The molecule has 1 spiro atoms. The molecule has 0 radical (unpaired) electrons. The largest absolute Gasteiger partial charge is 0.465 e. The van der Waals surface area contributed by atoms with Crippen LogP contribution in [-0.2, 0) is 16.7 Å². The van der Waals surface area contributed by atoms with E-state index >= 15 is 0 Å². The van der Waals surface area contributed by atoms with Gasteiger partial charge in [-0.3, -0.25) is 4.90 Å². The van der Waals surface area contributed by atoms with Gasteiger partial charge in [0.2, 0.25) is 0 Å². The Kier molecular flexibility index (Phi) is 4.53. The van der Waals surface area contributed by atoms with E-state index in [1.165, 1.54) is 22.2 Å². The molecule has 7 heteroatoms. The third-order valence-corrected chi connectivity index (χ3v) is 6.80. The maximum atomic E-state index is 11.9. The number of likely N-dealkylation sites (tertiary alicyclic amines) is 1. The Labute approximate surface area is 164 Å². The van der Waals surface area contributed by atoms with Gasteiger partial charge in [0.15, 0.2) is 0 Å². The zero-order chi connectivity index (χ0) is 19.1. The Morgan fingerprint density at radius 3 is 2.89 bits per heavy atom. The van der Waals surface area contributed by atoms with Crippen molar-refractivity contribution in [2.75, 3.05) is 45.9 Å². The van der Waals surface area contributed by atoms with Crippen molar-refractivity contribution in [3.8, 4) is 0 Å². The topological polar surface area (TPSA) is 80.8 Å². The van der Waals surface area contributed by atoms with Crippen molar-refractivity contribution in [1.29, 1.82) is 0 Å². The maximum absolute atomic E-state index is 11.9. The second-order valence-corrected chi connectivity index (χ2v) is 8.40. The average Bonchev–Trinajstić information content (AvgIpc) is 3.09. The summed E-state index contributed by atoms with van der Waals surface area (Å²) in [7, 11) is 0. The van der Waals surface area contributed by atoms with Crippen LogP contribution < -0.4 is 5.32 Å². The van der Waals surface area contributed by atoms with Crippen LogP contribution in [0.5, 0.6) is 0 Å². The van der Waals surface area contributed by atoms with Gasteiger partial charge in [0.1, 0.15) is 0 Å². The number of carboxylic acid groups (broad SMARTS) is 1. The van der Waals surface area contributed by atoms with Crippen LogP contribution in [0.3, 0.4) is 0 Å². The lowest BCUT2D eigenvalue weighted by Crippen LogP contribution is -2.59. The van der Waals surface area contributed by atoms with E-state index in [1.807, 2.05) is 0 Å². The van der Waals surface area contributed by atoms with Gasteiger partial charge in [0.05, 0.1) is 13.2 Å². The molecule has 2 atom stereocenters. The molecule has 0 bridgehead atoms. The van der Waals surface area contributed by atoms with Gasteiger partial charge in [0.25, 0.3) is 0 Å². The molecule has 3 aliphatic rings. The van der Waals surface area contributed by atoms with E-state index < -0.39 is 6.09 Å². The van der Waals surface area contributed by atoms with Crippen molar-refractivity contribution in [3.05, 3.63) is 35.5 Å². The summed E-state index contributed by atoms with van der Waals surface area (Å²) >= 11 is 0. The molecule has 5 rings (SSSR count). The van der Waals surface area contributed by atoms with Gasteiger partial charge in [-0.2, -0.15) is 0 Å². The Bertz CT molecular complexity index is 876. The van der Waals surface area contributed by atoms with Crippen molar-refractivity contribution in [3.63, 3.8) is 0 Å². The summed E-state index contributed by atoms with van der Waals surface area (Å²) in [6.07, 6.45) is 0.926. The minimum atomic E-state index is -0.795. The average molecular weight is 384 g/mol. The Morgan fingerprint density at radius 1 is 1.25 bits per heavy atom. The Balaban J connectivity index is 1.50. The fourth-order valence-electron chi connectivity index (χ4n) is 5.52. The molecular formula is C21H28N4O3. The third-order valence-electron chi connectivity index (χ3n) is 6.80. The number of amides is 1. The number of piperidine rings is 1. The van der Waals surface area contributed by atoms with Crippen LogP contribution in [0.25, 0.3) is 10.9 Å². The van der Waals surface area contributed by atoms with Gasteiger partial charge >= 0.3 is 6.09 Å². The van der Waals surface area contributed by atoms with Gasteiger partial charge in [-0.05, 0) is 24.5 Å². The van der Waals surface area contributed by atoms with Crippen LogP contribution in [0, 0.1) is 0 Å². The van der Waals surface area contributed by atoms with Crippen LogP contribution in [-0.4, -0.2) is 78.0 Å². The molecule has 2 aromatic rings. The maximum Gasteiger partial charge on any atom is 0.407 e. The molecule has 150 valence electrons. The zero-order valence-corrected chi connectivity index (χ0v) is 16.1. The molecule has 2 unspecified atom stereocenters. The SMILES string of the molecule is O=C(O)N1CCC2(CNCc3[nH]c4ccccc4c32)CC1CN1CCOCC1. The lowest BCUT2D eigenvalue weighted by atomic mass is 9.67. The summed E-state index contributed by atoms with van der Waals surface area (Å²) in [4.78, 5) is 19.6. The van der Waals surface area contributed by atoms with Crippen LogP contribution in [0.15, 0.2) is 24.3 Å². The number of aromatic amines is 1. The molecule has 4 heterocycles. The van der Waals surface area contributed by atoms with E-state index in [9.17, 15) is 9.90 Å². The number of rotatable bonds is 2. The highest BCUT2D eigenvalue weighted by molar-refractivity contribution is 5.86. The fraction of sp³-hybridized carbons (Fsp3) is 0.571. The van der Waals surface area contributed by atoms with E-state index in [0.717, 1.165) is 58.8 Å². The molecule has 3 N–H and O–H groups in total. The molecule has 2 fully saturated rings. The number of morpholine rings is 1. The lowest BCUT2D eigenvalue weighted by Gasteiger charge is -2.49. The predicted octanol–water partition coefficient (Wildman–Crippen LogP) is 1.98. The zero-order valence-electron chi connectivity index (χ0n) is 16.1. The molecule has 0 aliphatic carbocycles. The number of aromatic nitrogens is 1. The summed E-state index contributed by atoms with van der Waals surface area (Å²) in [5, 5.41) is 14.7. The second kappa shape index (κ2) is 7.06. The molecule has 1 aromatic heterocycles. The standard InChI is InChI=1S/C21H28N4O3/c26-20(27)25-6-5-21(11-15(25)13-24-7-9-28-10-8-24)14-22-12-18-19(21)16-3-1-2-4-17(16)23-18/h1-4,15,22-23H,5-14H2,(H,26,27). The number of hydrogen-bond acceptors (Lipinski definition) is 4. The van der Waals surface area contributed by atoms with Crippen LogP contribution >= 0.6 is 0 Å². The van der Waals surface area contributed by atoms with Crippen molar-refractivity contribution in [2.45, 2.75) is 30.8 Å². The highest BCUT2D eigenvalue weighted by Gasteiger charge is 2.46. The van der Waals surface area contributed by atoms with E-state index in [2.05, 4.69) is 39.5 Å². The van der Waals surface area contributed by atoms with Gasteiger partial charge in [-0.15, -0.1) is 0 Å². The minimum Gasteiger partial charge on any atom is -0.465 e. The monoisotopic (exact) mass is 384 g/mol. The Morgan fingerprint density at radius 2 is 2.07 bits per heavy atom. The first-order chi connectivity index (χ1) is 13.7. The summed E-state index contributed by atoms with van der Waals surface area (Å²) in [6.45, 7) is 6.37. The number of fused-ring (bicyclic) bond motifs is 4. The van der Waals surface area contributed by atoms with Crippen molar-refractivity contribution >= 4 is 17.0 Å². The van der Waals surface area contributed by atoms with Crippen molar-refractivity contribution in [2.24, 2.45) is 0 Å². The molecule has 2 saturated heterocycles. The van der Waals surface area contributed by atoms with Gasteiger partial charge < -0.3 is 25.0 Å². The first-order valence-electron chi connectivity index (χ1n) is 10.3. The molecular weight excluding hydrogens is 356 g/mol. The van der Waals surface area contributed by atoms with Crippen LogP contribution in [0.1, 0.15) is 24.1 Å². The second-order valence-electron chi connectivity index (χ2n) is 8.40. The lowest BCUT2D eigenvalue weighted by molar-refractivity contribution is 0.00949. The highest BCUT2D eigenvalue weighted by Crippen LogP contribution is 2.45. The fourth-order valence-corrected chi connectivity index (χ4v) is 5.52. The van der Waals surface area contributed by atoms with Crippen LogP contribution in [0.2, 0.25) is 0 Å². The van der Waals surface area contributed by atoms with E-state index in [1.54, 1.807) is 4.90 Å². The summed E-state index contributed by atoms with van der Waals surface area (Å²) in [5.74, 6) is 0. The molecule has 7 nitrogen and oxygen atoms in total. The third kappa shape index (κ3) is 2.98. The van der Waals surface area contributed by atoms with Crippen molar-refractivity contribution < 1.29 is 14.6 Å². The predicted molar refractivity (Wildman–Crippen MR) is 107 cm³/mol. The number of para-hydroxylation sites is 1. The number of benzene rings is 1.